The molecule has 0 N–H and O–H groups in total. The van der Waals surface area contributed by atoms with E-state index in [2.05, 4.69) is 0 Å². The first kappa shape index (κ1) is 16.7. The summed E-state index contributed by atoms with van der Waals surface area (Å²) >= 11 is 0. The van der Waals surface area contributed by atoms with Crippen molar-refractivity contribution in [3.63, 3.8) is 0 Å². The Hall–Kier alpha value is -2.14. The second-order valence-electron chi connectivity index (χ2n) is 7.03. The molecule has 5 heteroatoms. The van der Waals surface area contributed by atoms with Crippen LogP contribution >= 0.6 is 0 Å². The molecular formula is C19H22O5. The predicted molar refractivity (Wildman–Crippen MR) is 90.5 cm³/mol. The first-order valence-electron chi connectivity index (χ1n) is 8.17. The second kappa shape index (κ2) is 6.06. The quantitative estimate of drug-likeness (QED) is 0.601. The van der Waals surface area contributed by atoms with Crippen molar-refractivity contribution in [1.29, 1.82) is 0 Å². The molecule has 2 aromatic rings. The molecule has 1 aromatic carbocycles. The van der Waals surface area contributed by atoms with Gasteiger partial charge in [0, 0.05) is 29.4 Å². The third kappa shape index (κ3) is 3.36. The molecule has 2 heterocycles. The fourth-order valence-corrected chi connectivity index (χ4v) is 2.59. The molecule has 24 heavy (non-hydrogen) atoms. The first-order chi connectivity index (χ1) is 11.3. The number of carbonyl (C=O) groups is 1. The second-order valence-corrected chi connectivity index (χ2v) is 7.03. The maximum atomic E-state index is 12.2. The fourth-order valence-electron chi connectivity index (χ4n) is 2.59. The average Bonchev–Trinajstić information content (AvgIpc) is 3.13. The highest BCUT2D eigenvalue weighted by Crippen LogP contribution is 2.36. The van der Waals surface area contributed by atoms with Crippen LogP contribution in [0.4, 0.5) is 0 Å². The summed E-state index contributed by atoms with van der Waals surface area (Å²) in [5.74, 6) is 0.535. The van der Waals surface area contributed by atoms with E-state index in [9.17, 15) is 9.59 Å². The van der Waals surface area contributed by atoms with Gasteiger partial charge in [0.15, 0.2) is 0 Å². The first-order valence-corrected chi connectivity index (χ1v) is 8.17. The number of hydrogen-bond donors (Lipinski definition) is 0. The third-order valence-electron chi connectivity index (χ3n) is 4.40. The number of benzene rings is 1. The fraction of sp³-hybridized carbons (Fsp3) is 0.474. The van der Waals surface area contributed by atoms with E-state index in [0.717, 1.165) is 5.39 Å². The molecular weight excluding hydrogens is 308 g/mol. The number of ether oxygens (including phenoxy) is 2. The maximum absolute atomic E-state index is 12.2. The minimum Gasteiger partial charge on any atom is -0.490 e. The largest absolute Gasteiger partial charge is 0.490 e. The summed E-state index contributed by atoms with van der Waals surface area (Å²) in [6.45, 7) is 8.11. The van der Waals surface area contributed by atoms with Gasteiger partial charge in [-0.15, -0.1) is 0 Å². The van der Waals surface area contributed by atoms with Gasteiger partial charge in [-0.25, -0.2) is 4.79 Å². The third-order valence-corrected chi connectivity index (χ3v) is 4.40. The summed E-state index contributed by atoms with van der Waals surface area (Å²) in [6, 6.07) is 6.72. The zero-order valence-corrected chi connectivity index (χ0v) is 14.4. The van der Waals surface area contributed by atoms with Crippen molar-refractivity contribution in [1.82, 2.24) is 0 Å². The minimum absolute atomic E-state index is 0.0321. The van der Waals surface area contributed by atoms with Crippen LogP contribution in [0, 0.1) is 5.92 Å². The highest BCUT2D eigenvalue weighted by atomic mass is 16.6. The topological polar surface area (TPSA) is 69.0 Å². The Balaban J connectivity index is 1.96. The summed E-state index contributed by atoms with van der Waals surface area (Å²) in [7, 11) is 0. The van der Waals surface area contributed by atoms with Crippen molar-refractivity contribution in [2.45, 2.75) is 45.8 Å². The summed E-state index contributed by atoms with van der Waals surface area (Å²) in [5, 5.41) is 0.775. The van der Waals surface area contributed by atoms with E-state index in [1.165, 1.54) is 6.07 Å². The molecule has 1 atom stereocenters. The van der Waals surface area contributed by atoms with Crippen molar-refractivity contribution in [2.75, 3.05) is 6.61 Å². The maximum Gasteiger partial charge on any atom is 0.336 e. The van der Waals surface area contributed by atoms with E-state index in [-0.39, 0.29) is 29.8 Å². The molecule has 0 amide bonds. The Bertz CT molecular complexity index is 831. The summed E-state index contributed by atoms with van der Waals surface area (Å²) in [4.78, 5) is 23.9. The number of carbonyl (C=O) groups excluding carboxylic acids is 1. The lowest BCUT2D eigenvalue weighted by atomic mass is 9.98. The molecule has 0 aliphatic carbocycles. The van der Waals surface area contributed by atoms with E-state index in [1.807, 2.05) is 39.8 Å². The van der Waals surface area contributed by atoms with Gasteiger partial charge >= 0.3 is 5.63 Å². The number of fused-ring (bicyclic) bond motifs is 1. The van der Waals surface area contributed by atoms with Gasteiger partial charge in [-0.05, 0) is 32.0 Å². The van der Waals surface area contributed by atoms with Crippen molar-refractivity contribution in [2.24, 2.45) is 5.92 Å². The van der Waals surface area contributed by atoms with Gasteiger partial charge in [0.05, 0.1) is 5.60 Å². The number of ketones is 1. The van der Waals surface area contributed by atoms with Crippen molar-refractivity contribution in [3.8, 4) is 5.75 Å². The van der Waals surface area contributed by atoms with Gasteiger partial charge in [-0.2, -0.15) is 0 Å². The lowest BCUT2D eigenvalue weighted by Gasteiger charge is -2.13. The Morgan fingerprint density at radius 1 is 1.25 bits per heavy atom. The molecule has 1 fully saturated rings. The van der Waals surface area contributed by atoms with E-state index < -0.39 is 5.63 Å². The SMILES string of the molecule is CC(C)C(=O)Cc1c(OC[C@H]2OC2(C)C)ccc2ccc(=O)oc12. The average molecular weight is 330 g/mol. The predicted octanol–water partition coefficient (Wildman–Crippen LogP) is 3.12. The molecule has 0 radical (unpaired) electrons. The molecule has 128 valence electrons. The molecule has 1 aliphatic rings. The van der Waals surface area contributed by atoms with Crippen LogP contribution in [0.2, 0.25) is 0 Å². The lowest BCUT2D eigenvalue weighted by Crippen LogP contribution is -2.15. The zero-order chi connectivity index (χ0) is 17.5. The molecule has 1 aliphatic heterocycles. The lowest BCUT2D eigenvalue weighted by molar-refractivity contribution is -0.121. The van der Waals surface area contributed by atoms with Crippen LogP contribution < -0.4 is 10.4 Å². The number of hydrogen-bond acceptors (Lipinski definition) is 5. The molecule has 1 aromatic heterocycles. The number of epoxide rings is 1. The number of Topliss-reactive ketones (excluding diaryl/α,β-unsaturated/α-hetero) is 1. The van der Waals surface area contributed by atoms with Crippen LogP contribution in [-0.4, -0.2) is 24.1 Å². The van der Waals surface area contributed by atoms with Gasteiger partial charge in [-0.3, -0.25) is 4.79 Å². The molecule has 0 unspecified atom stereocenters. The van der Waals surface area contributed by atoms with E-state index in [0.29, 0.717) is 23.5 Å². The summed E-state index contributed by atoms with van der Waals surface area (Å²) in [5.41, 5.74) is 0.439. The normalized spacial score (nSPS) is 18.8. The molecule has 0 bridgehead atoms. The Morgan fingerprint density at radius 3 is 2.54 bits per heavy atom. The molecule has 1 saturated heterocycles. The van der Waals surface area contributed by atoms with Crippen LogP contribution in [0.5, 0.6) is 5.75 Å². The van der Waals surface area contributed by atoms with Gasteiger partial charge < -0.3 is 13.9 Å². The molecule has 5 nitrogen and oxygen atoms in total. The van der Waals surface area contributed by atoms with Crippen LogP contribution in [0.15, 0.2) is 33.5 Å². The molecule has 3 rings (SSSR count). The highest BCUT2D eigenvalue weighted by molar-refractivity contribution is 5.90. The van der Waals surface area contributed by atoms with Crippen molar-refractivity contribution < 1.29 is 18.7 Å². The Morgan fingerprint density at radius 2 is 1.92 bits per heavy atom. The van der Waals surface area contributed by atoms with Gasteiger partial charge in [-0.1, -0.05) is 13.8 Å². The Labute approximate surface area is 140 Å². The number of rotatable bonds is 6. The van der Waals surface area contributed by atoms with E-state index in [4.69, 9.17) is 13.9 Å². The minimum atomic E-state index is -0.440. The standard InChI is InChI=1S/C19H22O5/c1-11(2)14(20)9-13-15(22-10-16-19(3,4)24-16)7-5-12-6-8-17(21)23-18(12)13/h5-8,11,16H,9-10H2,1-4H3/t16-/m1/s1. The van der Waals surface area contributed by atoms with E-state index >= 15 is 0 Å². The van der Waals surface area contributed by atoms with Crippen LogP contribution in [0.3, 0.4) is 0 Å². The molecule has 0 spiro atoms. The highest BCUT2D eigenvalue weighted by Gasteiger charge is 2.48. The van der Waals surface area contributed by atoms with Crippen LogP contribution in [-0.2, 0) is 16.0 Å². The van der Waals surface area contributed by atoms with Crippen LogP contribution in [0.25, 0.3) is 11.0 Å². The molecule has 0 saturated carbocycles. The smallest absolute Gasteiger partial charge is 0.336 e. The van der Waals surface area contributed by atoms with Gasteiger partial charge in [0.2, 0.25) is 0 Å². The summed E-state index contributed by atoms with van der Waals surface area (Å²) < 4.78 is 16.8. The zero-order valence-electron chi connectivity index (χ0n) is 14.4. The van der Waals surface area contributed by atoms with Crippen molar-refractivity contribution in [3.05, 3.63) is 40.2 Å². The van der Waals surface area contributed by atoms with Gasteiger partial charge in [0.1, 0.15) is 29.8 Å². The van der Waals surface area contributed by atoms with E-state index in [1.54, 1.807) is 6.07 Å². The van der Waals surface area contributed by atoms with Crippen LogP contribution in [0.1, 0.15) is 33.3 Å². The monoisotopic (exact) mass is 330 g/mol. The summed E-state index contributed by atoms with van der Waals surface area (Å²) in [6.07, 6.45) is 0.205. The Kier molecular flexibility index (Phi) is 4.22. The van der Waals surface area contributed by atoms with Crippen molar-refractivity contribution >= 4 is 16.8 Å². The van der Waals surface area contributed by atoms with Gasteiger partial charge in [0.25, 0.3) is 0 Å².